The van der Waals surface area contributed by atoms with Gasteiger partial charge in [-0.3, -0.25) is 4.79 Å². The van der Waals surface area contributed by atoms with E-state index in [9.17, 15) is 9.59 Å². The quantitative estimate of drug-likeness (QED) is 0.510. The number of hydrogen-bond acceptors (Lipinski definition) is 5. The first-order chi connectivity index (χ1) is 13.0. The van der Waals surface area contributed by atoms with Crippen LogP contribution in [0.25, 0.3) is 0 Å². The first-order valence-electron chi connectivity index (χ1n) is 10.3. The molecule has 0 aromatic rings. The molecule has 1 saturated heterocycles. The van der Waals surface area contributed by atoms with Crippen molar-refractivity contribution in [3.8, 4) is 0 Å². The number of amides is 1. The lowest BCUT2D eigenvalue weighted by atomic mass is 9.80. The van der Waals surface area contributed by atoms with Crippen LogP contribution < -0.4 is 0 Å². The number of carbonyl (C=O) groups excluding carboxylic acids is 2. The van der Waals surface area contributed by atoms with Crippen LogP contribution in [0.15, 0.2) is 11.6 Å². The highest BCUT2D eigenvalue weighted by Crippen LogP contribution is 2.34. The van der Waals surface area contributed by atoms with Crippen LogP contribution in [0, 0.1) is 11.3 Å². The molecule has 0 spiro atoms. The van der Waals surface area contributed by atoms with Crippen molar-refractivity contribution in [1.82, 2.24) is 4.90 Å². The lowest BCUT2D eigenvalue weighted by Gasteiger charge is -2.37. The van der Waals surface area contributed by atoms with Crippen LogP contribution in [-0.4, -0.2) is 61.9 Å². The summed E-state index contributed by atoms with van der Waals surface area (Å²) in [5.41, 5.74) is 1.56. The molecule has 5 atom stereocenters. The number of esters is 1. The van der Waals surface area contributed by atoms with Crippen molar-refractivity contribution in [1.29, 1.82) is 0 Å². The number of rotatable bonds is 6. The van der Waals surface area contributed by atoms with Crippen molar-refractivity contribution in [2.75, 3.05) is 20.8 Å². The normalized spacial score (nSPS) is 30.1. The Morgan fingerprint density at radius 2 is 1.93 bits per heavy atom. The van der Waals surface area contributed by atoms with Gasteiger partial charge in [-0.15, -0.1) is 0 Å². The highest BCUT2D eigenvalue weighted by molar-refractivity contribution is 5.87. The van der Waals surface area contributed by atoms with E-state index < -0.39 is 12.1 Å². The molecule has 1 amide bonds. The molecule has 1 heterocycles. The summed E-state index contributed by atoms with van der Waals surface area (Å²) in [5, 5.41) is 0. The maximum absolute atomic E-state index is 12.7. The Bertz CT molecular complexity index is 594. The van der Waals surface area contributed by atoms with Gasteiger partial charge in [0.25, 0.3) is 5.91 Å². The minimum atomic E-state index is -0.621. The second kappa shape index (κ2) is 9.40. The molecule has 2 aliphatic rings. The Morgan fingerprint density at radius 1 is 1.25 bits per heavy atom. The minimum Gasteiger partial charge on any atom is -0.464 e. The number of carbonyl (C=O) groups is 2. The molecule has 0 N–H and O–H groups in total. The van der Waals surface area contributed by atoms with Crippen LogP contribution in [0.1, 0.15) is 60.3 Å². The van der Waals surface area contributed by atoms with Crippen molar-refractivity contribution in [3.63, 3.8) is 0 Å². The van der Waals surface area contributed by atoms with Gasteiger partial charge in [-0.05, 0) is 44.4 Å². The van der Waals surface area contributed by atoms with Crippen LogP contribution in [0.2, 0.25) is 0 Å². The molecule has 6 nitrogen and oxygen atoms in total. The van der Waals surface area contributed by atoms with Gasteiger partial charge < -0.3 is 19.1 Å². The molecule has 6 heteroatoms. The largest absolute Gasteiger partial charge is 0.464 e. The van der Waals surface area contributed by atoms with Crippen LogP contribution >= 0.6 is 0 Å². The van der Waals surface area contributed by atoms with E-state index in [4.69, 9.17) is 14.2 Å². The second-order valence-corrected chi connectivity index (χ2v) is 9.18. The van der Waals surface area contributed by atoms with Gasteiger partial charge >= 0.3 is 5.97 Å². The summed E-state index contributed by atoms with van der Waals surface area (Å²) >= 11 is 0. The third kappa shape index (κ3) is 5.57. The predicted octanol–water partition coefficient (Wildman–Crippen LogP) is 3.34. The average Bonchev–Trinajstić information content (AvgIpc) is 3.06. The Morgan fingerprint density at radius 3 is 2.46 bits per heavy atom. The summed E-state index contributed by atoms with van der Waals surface area (Å²) < 4.78 is 16.8. The fourth-order valence-corrected chi connectivity index (χ4v) is 3.89. The zero-order chi connectivity index (χ0) is 21.1. The highest BCUT2D eigenvalue weighted by atomic mass is 16.5. The topological polar surface area (TPSA) is 65.1 Å². The second-order valence-electron chi connectivity index (χ2n) is 9.18. The number of nitrogens with zero attached hydrogens (tertiary/aromatic N) is 1. The molecule has 4 unspecified atom stereocenters. The van der Waals surface area contributed by atoms with Gasteiger partial charge in [0.05, 0.1) is 18.8 Å². The maximum atomic E-state index is 12.7. The lowest BCUT2D eigenvalue weighted by Crippen LogP contribution is -2.47. The first kappa shape index (κ1) is 22.9. The number of hydrogen-bond donors (Lipinski definition) is 0. The van der Waals surface area contributed by atoms with Crippen LogP contribution in [0.5, 0.6) is 0 Å². The summed E-state index contributed by atoms with van der Waals surface area (Å²) in [4.78, 5) is 25.9. The van der Waals surface area contributed by atoms with E-state index in [2.05, 4.69) is 33.8 Å². The summed E-state index contributed by atoms with van der Waals surface area (Å²) in [6.45, 7) is 11.0. The monoisotopic (exact) mass is 395 g/mol. The number of likely N-dealkylation sites (N-methyl/N-ethyl adjacent to an activating group) is 1. The van der Waals surface area contributed by atoms with Crippen molar-refractivity contribution in [3.05, 3.63) is 11.6 Å². The molecular weight excluding hydrogens is 358 g/mol. The zero-order valence-corrected chi connectivity index (χ0v) is 18.5. The third-order valence-electron chi connectivity index (χ3n) is 6.19. The predicted molar refractivity (Wildman–Crippen MR) is 108 cm³/mol. The van der Waals surface area contributed by atoms with Crippen LogP contribution in [-0.2, 0) is 23.8 Å². The van der Waals surface area contributed by atoms with E-state index in [-0.39, 0.29) is 29.5 Å². The fourth-order valence-electron chi connectivity index (χ4n) is 3.89. The Balaban J connectivity index is 1.94. The minimum absolute atomic E-state index is 0.0419. The van der Waals surface area contributed by atoms with Crippen molar-refractivity contribution >= 4 is 11.9 Å². The van der Waals surface area contributed by atoms with E-state index in [1.54, 1.807) is 21.1 Å². The molecule has 1 aliphatic carbocycles. The number of methoxy groups -OCH3 is 1. The summed E-state index contributed by atoms with van der Waals surface area (Å²) in [5.74, 6) is -0.0606. The molecule has 160 valence electrons. The van der Waals surface area contributed by atoms with E-state index >= 15 is 0 Å². The first-order valence-corrected chi connectivity index (χ1v) is 10.3. The summed E-state index contributed by atoms with van der Waals surface area (Å²) in [6, 6.07) is -0.502. The maximum Gasteiger partial charge on any atom is 0.328 e. The molecule has 0 bridgehead atoms. The van der Waals surface area contributed by atoms with Gasteiger partial charge in [-0.1, -0.05) is 32.4 Å². The van der Waals surface area contributed by atoms with E-state index in [1.165, 1.54) is 10.5 Å². The van der Waals surface area contributed by atoms with Crippen molar-refractivity contribution < 1.29 is 23.8 Å². The average molecular weight is 396 g/mol. The molecule has 2 fully saturated rings. The number of allylic oxidation sites excluding steroid dienone is 2. The smallest absolute Gasteiger partial charge is 0.328 e. The van der Waals surface area contributed by atoms with E-state index in [1.807, 2.05) is 0 Å². The number of cyclic esters (lactones) is 1. The zero-order valence-electron chi connectivity index (χ0n) is 18.5. The molecule has 0 radical (unpaired) electrons. The van der Waals surface area contributed by atoms with Crippen molar-refractivity contribution in [2.45, 2.75) is 84.7 Å². The van der Waals surface area contributed by atoms with E-state index in [0.29, 0.717) is 18.9 Å². The lowest BCUT2D eigenvalue weighted by molar-refractivity contribution is -0.160. The molecule has 1 saturated carbocycles. The molecule has 28 heavy (non-hydrogen) atoms. The highest BCUT2D eigenvalue weighted by Gasteiger charge is 2.37. The molecule has 0 aromatic heterocycles. The van der Waals surface area contributed by atoms with Crippen molar-refractivity contribution in [2.24, 2.45) is 11.3 Å². The number of ether oxygens (including phenoxy) is 3. The molecule has 2 rings (SSSR count). The SMILES string of the molecule is CO[C@@H]1CC(/C=C(\C)C(C)(C)C)CCC1OC(C)C(=O)N(C)C1CCOC1=O. The standard InChI is InChI=1S/C22H37NO5/c1-14(22(3,4)5)12-16-8-9-18(19(13-16)26-7)28-15(2)20(24)23(6)17-10-11-27-21(17)25/h12,15-19H,8-11,13H2,1-7H3/b14-12+/t15?,16?,17?,18?,19-/m1/s1. The Kier molecular flexibility index (Phi) is 7.68. The molecular formula is C22H37NO5. The Hall–Kier alpha value is -1.40. The van der Waals surface area contributed by atoms with Gasteiger partial charge in [0, 0.05) is 20.6 Å². The van der Waals surface area contributed by atoms with Gasteiger partial charge in [0.1, 0.15) is 12.1 Å². The Labute approximate surface area is 169 Å². The van der Waals surface area contributed by atoms with Crippen LogP contribution in [0.3, 0.4) is 0 Å². The summed E-state index contributed by atoms with van der Waals surface area (Å²) in [7, 11) is 3.35. The summed E-state index contributed by atoms with van der Waals surface area (Å²) in [6.07, 6.45) is 4.89. The molecule has 1 aliphatic heterocycles. The van der Waals surface area contributed by atoms with Gasteiger partial charge in [-0.25, -0.2) is 4.79 Å². The van der Waals surface area contributed by atoms with Gasteiger partial charge in [0.2, 0.25) is 0 Å². The van der Waals surface area contributed by atoms with E-state index in [0.717, 1.165) is 19.3 Å². The molecule has 0 aromatic carbocycles. The van der Waals surface area contributed by atoms with Gasteiger partial charge in [0.15, 0.2) is 0 Å². The van der Waals surface area contributed by atoms with Gasteiger partial charge in [-0.2, -0.15) is 0 Å². The fraction of sp³-hybridized carbons (Fsp3) is 0.818. The third-order valence-corrected chi connectivity index (χ3v) is 6.19. The van der Waals surface area contributed by atoms with Crippen LogP contribution in [0.4, 0.5) is 0 Å².